The lowest BCUT2D eigenvalue weighted by Gasteiger charge is -2.11. The highest BCUT2D eigenvalue weighted by Crippen LogP contribution is 2.16. The van der Waals surface area contributed by atoms with Gasteiger partial charge in [-0.3, -0.25) is 14.9 Å². The van der Waals surface area contributed by atoms with E-state index in [1.165, 1.54) is 0 Å². The smallest absolute Gasteiger partial charge is 0.273 e. The molecule has 19 heavy (non-hydrogen) atoms. The van der Waals surface area contributed by atoms with Gasteiger partial charge in [-0.1, -0.05) is 0 Å². The average Bonchev–Trinajstić information content (AvgIpc) is 2.88. The predicted molar refractivity (Wildman–Crippen MR) is 66.4 cm³/mol. The van der Waals surface area contributed by atoms with Gasteiger partial charge in [-0.25, -0.2) is 4.39 Å². The van der Waals surface area contributed by atoms with E-state index in [2.05, 4.69) is 10.6 Å². The third kappa shape index (κ3) is 3.47. The van der Waals surface area contributed by atoms with E-state index in [9.17, 15) is 19.3 Å². The minimum atomic E-state index is -0.793. The molecule has 1 heterocycles. The van der Waals surface area contributed by atoms with Gasteiger partial charge in [0.25, 0.3) is 11.6 Å². The molecule has 1 atom stereocenters. The molecule has 1 amide bonds. The molecule has 1 aromatic rings. The van der Waals surface area contributed by atoms with Crippen molar-refractivity contribution in [3.05, 3.63) is 39.7 Å². The number of halogens is 1. The van der Waals surface area contributed by atoms with Crippen molar-refractivity contribution in [2.24, 2.45) is 0 Å². The molecule has 1 aromatic carbocycles. The van der Waals surface area contributed by atoms with Gasteiger partial charge in [0, 0.05) is 24.2 Å². The van der Waals surface area contributed by atoms with Crippen LogP contribution in [-0.4, -0.2) is 30.0 Å². The average molecular weight is 267 g/mol. The minimum absolute atomic E-state index is 0.0373. The summed E-state index contributed by atoms with van der Waals surface area (Å²) in [6, 6.07) is 3.06. The molecule has 0 aromatic heterocycles. The molecule has 2 N–H and O–H groups in total. The van der Waals surface area contributed by atoms with Crippen LogP contribution in [0.3, 0.4) is 0 Å². The van der Waals surface area contributed by atoms with Gasteiger partial charge in [-0.05, 0) is 25.5 Å². The third-order valence-electron chi connectivity index (χ3n) is 3.03. The van der Waals surface area contributed by atoms with Gasteiger partial charge in [0.05, 0.1) is 11.0 Å². The maximum atomic E-state index is 13.2. The third-order valence-corrected chi connectivity index (χ3v) is 3.03. The van der Waals surface area contributed by atoms with Crippen molar-refractivity contribution >= 4 is 11.6 Å². The molecule has 1 saturated heterocycles. The number of nitrogens with zero attached hydrogens (tertiary/aromatic N) is 1. The summed E-state index contributed by atoms with van der Waals surface area (Å²) in [6.07, 6.45) is 2.04. The van der Waals surface area contributed by atoms with Crippen LogP contribution in [0.4, 0.5) is 10.1 Å². The fourth-order valence-corrected chi connectivity index (χ4v) is 2.06. The molecule has 0 bridgehead atoms. The predicted octanol–water partition coefficient (Wildman–Crippen LogP) is 1.22. The van der Waals surface area contributed by atoms with Crippen LogP contribution in [0.2, 0.25) is 0 Å². The first kappa shape index (κ1) is 13.4. The highest BCUT2D eigenvalue weighted by atomic mass is 19.1. The number of benzene rings is 1. The Kier molecular flexibility index (Phi) is 4.06. The number of carbonyl (C=O) groups is 1. The fraction of sp³-hybridized carbons (Fsp3) is 0.417. The van der Waals surface area contributed by atoms with Crippen LogP contribution in [0, 0.1) is 15.9 Å². The Labute approximate surface area is 109 Å². The lowest BCUT2D eigenvalue weighted by Crippen LogP contribution is -2.37. The van der Waals surface area contributed by atoms with E-state index in [-0.39, 0.29) is 11.6 Å². The van der Waals surface area contributed by atoms with Crippen LogP contribution in [0.25, 0.3) is 0 Å². The Hall–Kier alpha value is -2.02. The molecule has 1 aliphatic rings. The molecule has 1 unspecified atom stereocenters. The molecular formula is C12H14FN3O3. The second-order valence-corrected chi connectivity index (χ2v) is 4.46. The van der Waals surface area contributed by atoms with Gasteiger partial charge in [0.1, 0.15) is 5.82 Å². The molecule has 2 rings (SSSR count). The molecule has 0 spiro atoms. The summed E-state index contributed by atoms with van der Waals surface area (Å²) in [7, 11) is 0. The molecule has 1 fully saturated rings. The van der Waals surface area contributed by atoms with Crippen LogP contribution in [0.1, 0.15) is 23.2 Å². The van der Waals surface area contributed by atoms with Gasteiger partial charge in [0.2, 0.25) is 0 Å². The van der Waals surface area contributed by atoms with Crippen molar-refractivity contribution in [1.82, 2.24) is 10.6 Å². The van der Waals surface area contributed by atoms with Crippen LogP contribution in [0.15, 0.2) is 18.2 Å². The second-order valence-electron chi connectivity index (χ2n) is 4.46. The number of nitrogens with one attached hydrogen (secondary N) is 2. The van der Waals surface area contributed by atoms with Crippen molar-refractivity contribution in [3.63, 3.8) is 0 Å². The Morgan fingerprint density at radius 1 is 1.53 bits per heavy atom. The maximum Gasteiger partial charge on any atom is 0.273 e. The van der Waals surface area contributed by atoms with Crippen molar-refractivity contribution < 1.29 is 14.1 Å². The number of hydrogen-bond acceptors (Lipinski definition) is 4. The molecular weight excluding hydrogens is 253 g/mol. The zero-order valence-corrected chi connectivity index (χ0v) is 10.2. The number of nitro groups is 1. The van der Waals surface area contributed by atoms with Gasteiger partial charge < -0.3 is 10.6 Å². The first-order valence-corrected chi connectivity index (χ1v) is 6.03. The van der Waals surface area contributed by atoms with E-state index in [0.29, 0.717) is 6.54 Å². The van der Waals surface area contributed by atoms with E-state index < -0.39 is 22.3 Å². The summed E-state index contributed by atoms with van der Waals surface area (Å²) in [5.41, 5.74) is -0.464. The van der Waals surface area contributed by atoms with E-state index in [1.807, 2.05) is 0 Å². The summed E-state index contributed by atoms with van der Waals surface area (Å²) >= 11 is 0. The number of rotatable bonds is 4. The lowest BCUT2D eigenvalue weighted by molar-refractivity contribution is -0.385. The van der Waals surface area contributed by atoms with Gasteiger partial charge >= 0.3 is 0 Å². The number of hydrogen-bond donors (Lipinski definition) is 2. The molecule has 0 radical (unpaired) electrons. The Morgan fingerprint density at radius 3 is 2.95 bits per heavy atom. The first-order valence-electron chi connectivity index (χ1n) is 6.03. The topological polar surface area (TPSA) is 84.3 Å². The van der Waals surface area contributed by atoms with Crippen molar-refractivity contribution in [2.45, 2.75) is 18.9 Å². The standard InChI is InChI=1S/C12H14FN3O3/c13-9-4-8(5-11(6-9)16(18)19)12(17)15-7-10-2-1-3-14-10/h4-6,10,14H,1-3,7H2,(H,15,17). The molecule has 6 nitrogen and oxygen atoms in total. The number of carbonyl (C=O) groups excluding carboxylic acids is 1. The lowest BCUT2D eigenvalue weighted by atomic mass is 10.1. The summed E-state index contributed by atoms with van der Waals surface area (Å²) in [4.78, 5) is 21.7. The summed E-state index contributed by atoms with van der Waals surface area (Å²) < 4.78 is 13.2. The van der Waals surface area contributed by atoms with Crippen molar-refractivity contribution in [3.8, 4) is 0 Å². The Morgan fingerprint density at radius 2 is 2.32 bits per heavy atom. The Balaban J connectivity index is 2.03. The second kappa shape index (κ2) is 5.75. The zero-order chi connectivity index (χ0) is 13.8. The number of amides is 1. The molecule has 1 aliphatic heterocycles. The summed E-state index contributed by atoms with van der Waals surface area (Å²) in [5, 5.41) is 16.4. The van der Waals surface area contributed by atoms with Crippen LogP contribution >= 0.6 is 0 Å². The highest BCUT2D eigenvalue weighted by molar-refractivity contribution is 5.94. The molecule has 102 valence electrons. The quantitative estimate of drug-likeness (QED) is 0.634. The molecule has 0 aliphatic carbocycles. The van der Waals surface area contributed by atoms with Crippen molar-refractivity contribution in [2.75, 3.05) is 13.1 Å². The van der Waals surface area contributed by atoms with Gasteiger partial charge in [-0.2, -0.15) is 0 Å². The van der Waals surface area contributed by atoms with Crippen LogP contribution in [0.5, 0.6) is 0 Å². The van der Waals surface area contributed by atoms with Crippen molar-refractivity contribution in [1.29, 1.82) is 0 Å². The van der Waals surface area contributed by atoms with E-state index >= 15 is 0 Å². The largest absolute Gasteiger partial charge is 0.350 e. The minimum Gasteiger partial charge on any atom is -0.350 e. The first-order chi connectivity index (χ1) is 9.06. The maximum absolute atomic E-state index is 13.2. The van der Waals surface area contributed by atoms with Crippen LogP contribution < -0.4 is 10.6 Å². The summed E-state index contributed by atoms with van der Waals surface area (Å²) in [6.45, 7) is 1.36. The zero-order valence-electron chi connectivity index (χ0n) is 10.2. The Bertz CT molecular complexity index is 501. The monoisotopic (exact) mass is 267 g/mol. The normalized spacial score (nSPS) is 18.3. The highest BCUT2D eigenvalue weighted by Gasteiger charge is 2.17. The van der Waals surface area contributed by atoms with Crippen LogP contribution in [-0.2, 0) is 0 Å². The van der Waals surface area contributed by atoms with Gasteiger partial charge in [-0.15, -0.1) is 0 Å². The fourth-order valence-electron chi connectivity index (χ4n) is 2.06. The number of nitro benzene ring substituents is 1. The SMILES string of the molecule is O=C(NCC1CCCN1)c1cc(F)cc([N+](=O)[O-])c1. The summed E-state index contributed by atoms with van der Waals surface area (Å²) in [5.74, 6) is -1.30. The van der Waals surface area contributed by atoms with E-state index in [4.69, 9.17) is 0 Å². The van der Waals surface area contributed by atoms with Gasteiger partial charge in [0.15, 0.2) is 0 Å². The van der Waals surface area contributed by atoms with E-state index in [0.717, 1.165) is 37.6 Å². The molecule has 0 saturated carbocycles. The molecule has 7 heteroatoms. The number of non-ortho nitro benzene ring substituents is 1. The van der Waals surface area contributed by atoms with E-state index in [1.54, 1.807) is 0 Å².